The third-order valence-corrected chi connectivity index (χ3v) is 5.84. The number of aromatic nitrogens is 2. The zero-order valence-corrected chi connectivity index (χ0v) is 20.2. The lowest BCUT2D eigenvalue weighted by molar-refractivity contribution is -0.144. The van der Waals surface area contributed by atoms with Crippen LogP contribution >= 0.6 is 0 Å². The van der Waals surface area contributed by atoms with E-state index in [1.165, 1.54) is 90.4 Å². The van der Waals surface area contributed by atoms with Gasteiger partial charge in [0.25, 0.3) is 0 Å². The maximum Gasteiger partial charge on any atom is 0.433 e. The van der Waals surface area contributed by atoms with Crippen LogP contribution in [0.25, 0.3) is 0 Å². The molecule has 0 aliphatic carbocycles. The monoisotopic (exact) mass is 459 g/mol. The number of carbonyl (C=O) groups excluding carboxylic acids is 1. The molecule has 1 rings (SSSR count). The van der Waals surface area contributed by atoms with Crippen molar-refractivity contribution in [2.75, 3.05) is 6.54 Å². The molecule has 0 aliphatic heterocycles. The highest BCUT2D eigenvalue weighted by atomic mass is 19.4. The SMILES string of the molecule is CCCCCCCCCCCCCCCCCCNC(=O)Cn1nc(C)cc1C(F)(F)F. The van der Waals surface area contributed by atoms with Crippen LogP contribution < -0.4 is 5.32 Å². The third kappa shape index (κ3) is 13.8. The van der Waals surface area contributed by atoms with Gasteiger partial charge in [0, 0.05) is 6.54 Å². The van der Waals surface area contributed by atoms with Gasteiger partial charge in [-0.2, -0.15) is 18.3 Å². The fraction of sp³-hybridized carbons (Fsp3) is 0.840. The minimum atomic E-state index is -4.50. The van der Waals surface area contributed by atoms with Crippen molar-refractivity contribution in [3.05, 3.63) is 17.5 Å². The summed E-state index contributed by atoms with van der Waals surface area (Å²) < 4.78 is 39.6. The molecule has 32 heavy (non-hydrogen) atoms. The fourth-order valence-electron chi connectivity index (χ4n) is 3.99. The zero-order chi connectivity index (χ0) is 23.7. The molecule has 0 spiro atoms. The molecule has 0 saturated carbocycles. The van der Waals surface area contributed by atoms with E-state index in [-0.39, 0.29) is 5.69 Å². The summed E-state index contributed by atoms with van der Waals surface area (Å²) in [6.45, 7) is 3.84. The number of nitrogens with one attached hydrogen (secondary N) is 1. The van der Waals surface area contributed by atoms with Gasteiger partial charge < -0.3 is 5.32 Å². The van der Waals surface area contributed by atoms with Crippen molar-refractivity contribution in [3.63, 3.8) is 0 Å². The second-order valence-corrected chi connectivity index (χ2v) is 8.98. The number of nitrogens with zero attached hydrogens (tertiary/aromatic N) is 2. The van der Waals surface area contributed by atoms with Crippen LogP contribution in [0.2, 0.25) is 0 Å². The molecular formula is C25H44F3N3O. The van der Waals surface area contributed by atoms with Crippen molar-refractivity contribution < 1.29 is 18.0 Å². The van der Waals surface area contributed by atoms with Crippen LogP contribution in [0.1, 0.15) is 121 Å². The van der Waals surface area contributed by atoms with Crippen molar-refractivity contribution in [2.45, 2.75) is 129 Å². The van der Waals surface area contributed by atoms with Crippen molar-refractivity contribution in [1.82, 2.24) is 15.1 Å². The molecular weight excluding hydrogens is 415 g/mol. The number of carbonyl (C=O) groups is 1. The zero-order valence-electron chi connectivity index (χ0n) is 20.2. The van der Waals surface area contributed by atoms with E-state index in [2.05, 4.69) is 17.3 Å². The van der Waals surface area contributed by atoms with E-state index in [1.807, 2.05) is 0 Å². The first-order valence-corrected chi connectivity index (χ1v) is 12.7. The molecule has 0 atom stereocenters. The maximum atomic E-state index is 12.9. The lowest BCUT2D eigenvalue weighted by atomic mass is 10.0. The highest BCUT2D eigenvalue weighted by Gasteiger charge is 2.35. The topological polar surface area (TPSA) is 46.9 Å². The first-order valence-electron chi connectivity index (χ1n) is 12.7. The standard InChI is InChI=1S/C25H44F3N3O/c1-3-4-5-6-7-8-9-10-11-12-13-14-15-16-17-18-19-29-24(32)21-31-23(25(26,27)28)20-22(2)30-31/h20H,3-19,21H2,1-2H3,(H,29,32). The molecule has 0 aromatic carbocycles. The van der Waals surface area contributed by atoms with Crippen LogP contribution in [0.5, 0.6) is 0 Å². The molecule has 0 fully saturated rings. The van der Waals surface area contributed by atoms with E-state index in [0.29, 0.717) is 6.54 Å². The van der Waals surface area contributed by atoms with E-state index >= 15 is 0 Å². The van der Waals surface area contributed by atoms with Gasteiger partial charge >= 0.3 is 6.18 Å². The van der Waals surface area contributed by atoms with Gasteiger partial charge in [0.1, 0.15) is 12.2 Å². The molecule has 1 aromatic heterocycles. The second-order valence-electron chi connectivity index (χ2n) is 8.98. The molecule has 1 aromatic rings. The molecule has 0 saturated heterocycles. The molecule has 7 heteroatoms. The van der Waals surface area contributed by atoms with Gasteiger partial charge in [-0.1, -0.05) is 103 Å². The number of hydrogen-bond donors (Lipinski definition) is 1. The van der Waals surface area contributed by atoms with Crippen LogP contribution in [0, 0.1) is 6.92 Å². The Morgan fingerprint density at radius 2 is 1.28 bits per heavy atom. The Labute approximate surface area is 192 Å². The Hall–Kier alpha value is -1.53. The normalized spacial score (nSPS) is 11.8. The van der Waals surface area contributed by atoms with Gasteiger partial charge in [-0.25, -0.2) is 0 Å². The smallest absolute Gasteiger partial charge is 0.354 e. The minimum Gasteiger partial charge on any atom is -0.354 e. The Morgan fingerprint density at radius 3 is 1.72 bits per heavy atom. The highest BCUT2D eigenvalue weighted by Crippen LogP contribution is 2.29. The summed E-state index contributed by atoms with van der Waals surface area (Å²) in [6.07, 6.45) is 16.1. The van der Waals surface area contributed by atoms with Crippen molar-refractivity contribution in [3.8, 4) is 0 Å². The van der Waals surface area contributed by atoms with Crippen molar-refractivity contribution >= 4 is 5.91 Å². The summed E-state index contributed by atoms with van der Waals surface area (Å²) in [5.74, 6) is -0.431. The first-order chi connectivity index (χ1) is 15.3. The van der Waals surface area contributed by atoms with E-state index < -0.39 is 24.3 Å². The molecule has 186 valence electrons. The summed E-state index contributed by atoms with van der Waals surface area (Å²) in [4.78, 5) is 11.9. The van der Waals surface area contributed by atoms with Crippen molar-refractivity contribution in [1.29, 1.82) is 0 Å². The molecule has 1 N–H and O–H groups in total. The van der Waals surface area contributed by atoms with Crippen LogP contribution in [-0.4, -0.2) is 22.2 Å². The van der Waals surface area contributed by atoms with E-state index in [1.54, 1.807) is 0 Å². The molecule has 1 amide bonds. The van der Waals surface area contributed by atoms with Gasteiger partial charge in [-0.15, -0.1) is 0 Å². The quantitative estimate of drug-likeness (QED) is 0.217. The van der Waals surface area contributed by atoms with Crippen LogP contribution in [-0.2, 0) is 17.5 Å². The first kappa shape index (κ1) is 28.5. The molecule has 4 nitrogen and oxygen atoms in total. The van der Waals surface area contributed by atoms with Gasteiger partial charge in [0.15, 0.2) is 0 Å². The van der Waals surface area contributed by atoms with Gasteiger partial charge in [-0.05, 0) is 19.4 Å². The number of unbranched alkanes of at least 4 members (excludes halogenated alkanes) is 15. The van der Waals surface area contributed by atoms with Crippen LogP contribution in [0.4, 0.5) is 13.2 Å². The van der Waals surface area contributed by atoms with E-state index in [9.17, 15) is 18.0 Å². The maximum absolute atomic E-state index is 12.9. The third-order valence-electron chi connectivity index (χ3n) is 5.84. The minimum absolute atomic E-state index is 0.253. The number of halogens is 3. The predicted octanol–water partition coefficient (Wildman–Crippen LogP) is 7.59. The summed E-state index contributed by atoms with van der Waals surface area (Å²) >= 11 is 0. The molecule has 0 radical (unpaired) electrons. The van der Waals surface area contributed by atoms with Gasteiger partial charge in [-0.3, -0.25) is 9.48 Å². The summed E-state index contributed by atoms with van der Waals surface area (Å²) in [7, 11) is 0. The lowest BCUT2D eigenvalue weighted by Gasteiger charge is -2.10. The van der Waals surface area contributed by atoms with E-state index in [4.69, 9.17) is 0 Å². The Balaban J connectivity index is 1.92. The number of rotatable bonds is 19. The van der Waals surface area contributed by atoms with E-state index in [0.717, 1.165) is 30.0 Å². The van der Waals surface area contributed by atoms with Crippen LogP contribution in [0.3, 0.4) is 0 Å². The molecule has 0 aliphatic rings. The number of amides is 1. The fourth-order valence-corrected chi connectivity index (χ4v) is 3.99. The second kappa shape index (κ2) is 17.0. The average molecular weight is 460 g/mol. The van der Waals surface area contributed by atoms with Crippen LogP contribution in [0.15, 0.2) is 6.07 Å². The number of hydrogen-bond acceptors (Lipinski definition) is 2. The largest absolute Gasteiger partial charge is 0.433 e. The van der Waals surface area contributed by atoms with Gasteiger partial charge in [0.05, 0.1) is 5.69 Å². The average Bonchev–Trinajstić information content (AvgIpc) is 3.10. The number of alkyl halides is 3. The highest BCUT2D eigenvalue weighted by molar-refractivity contribution is 5.75. The summed E-state index contributed by atoms with van der Waals surface area (Å²) in [5.41, 5.74) is -0.629. The lowest BCUT2D eigenvalue weighted by Crippen LogP contribution is -2.30. The van der Waals surface area contributed by atoms with Gasteiger partial charge in [0.2, 0.25) is 5.91 Å². The molecule has 1 heterocycles. The Morgan fingerprint density at radius 1 is 0.844 bits per heavy atom. The Kier molecular flexibility index (Phi) is 15.2. The molecule has 0 bridgehead atoms. The van der Waals surface area contributed by atoms with Crippen molar-refractivity contribution in [2.24, 2.45) is 0 Å². The molecule has 0 unspecified atom stereocenters. The summed E-state index contributed by atoms with van der Waals surface area (Å²) in [6, 6.07) is 0.961. The Bertz CT molecular complexity index is 614. The summed E-state index contributed by atoms with van der Waals surface area (Å²) in [5, 5.41) is 6.48. The predicted molar refractivity (Wildman–Crippen MR) is 125 cm³/mol. The number of aryl methyl sites for hydroxylation is 1.